The first kappa shape index (κ1) is 54.8. The van der Waals surface area contributed by atoms with Gasteiger partial charge in [-0.3, -0.25) is 14.2 Å². The predicted molar refractivity (Wildman–Crippen MR) is 231 cm³/mol. The van der Waals surface area contributed by atoms with Crippen molar-refractivity contribution >= 4 is 19.8 Å². The van der Waals surface area contributed by atoms with Crippen LogP contribution in [0.3, 0.4) is 0 Å². The first-order valence-electron chi connectivity index (χ1n) is 23.4. The van der Waals surface area contributed by atoms with E-state index in [4.69, 9.17) is 18.5 Å². The van der Waals surface area contributed by atoms with Crippen LogP contribution in [0.1, 0.15) is 219 Å². The van der Waals surface area contributed by atoms with Crippen molar-refractivity contribution < 1.29 is 42.1 Å². The Hall–Kier alpha value is -1.25. The number of unbranched alkanes of at least 4 members (excludes halogenated alkanes) is 27. The maximum absolute atomic E-state index is 12.7. The van der Waals surface area contributed by atoms with E-state index in [1.165, 1.54) is 135 Å². The molecule has 0 radical (unpaired) electrons. The van der Waals surface area contributed by atoms with Crippen molar-refractivity contribution in [2.24, 2.45) is 0 Å². The second-order valence-electron chi connectivity index (χ2n) is 17.1. The van der Waals surface area contributed by atoms with Crippen molar-refractivity contribution in [1.29, 1.82) is 0 Å². The Bertz CT molecular complexity index is 969. The van der Waals surface area contributed by atoms with Crippen LogP contribution in [0.5, 0.6) is 0 Å². The van der Waals surface area contributed by atoms with Crippen molar-refractivity contribution in [3.63, 3.8) is 0 Å². The number of carbonyl (C=O) groups is 2. The monoisotopic (exact) mass is 816 g/mol. The Balaban J connectivity index is 4.28. The molecule has 0 heterocycles. The van der Waals surface area contributed by atoms with Crippen molar-refractivity contribution in [2.45, 2.75) is 225 Å². The molecule has 10 heteroatoms. The number of likely N-dealkylation sites (N-methyl/N-ethyl adjacent to an activating group) is 1. The molecular formula is C46H90NO8P. The number of hydrogen-bond donors (Lipinski definition) is 0. The van der Waals surface area contributed by atoms with Gasteiger partial charge in [0, 0.05) is 12.8 Å². The topological polar surface area (TPSA) is 111 Å². The van der Waals surface area contributed by atoms with E-state index in [0.717, 1.165) is 51.4 Å². The number of ether oxygens (including phenoxy) is 2. The van der Waals surface area contributed by atoms with Crippen LogP contribution in [0.15, 0.2) is 12.2 Å². The number of hydrogen-bond acceptors (Lipinski definition) is 8. The van der Waals surface area contributed by atoms with Gasteiger partial charge in [0.15, 0.2) is 6.10 Å². The number of esters is 2. The van der Waals surface area contributed by atoms with Crippen LogP contribution in [-0.2, 0) is 32.7 Å². The molecule has 0 aliphatic rings. The van der Waals surface area contributed by atoms with E-state index in [0.29, 0.717) is 17.4 Å². The Morgan fingerprint density at radius 2 is 0.911 bits per heavy atom. The summed E-state index contributed by atoms with van der Waals surface area (Å²) in [4.78, 5) is 37.6. The summed E-state index contributed by atoms with van der Waals surface area (Å²) >= 11 is 0. The van der Waals surface area contributed by atoms with E-state index < -0.39 is 26.5 Å². The third-order valence-electron chi connectivity index (χ3n) is 10.3. The van der Waals surface area contributed by atoms with Crippen LogP contribution in [0, 0.1) is 0 Å². The normalized spacial score (nSPS) is 13.6. The molecule has 2 atom stereocenters. The van der Waals surface area contributed by atoms with E-state index in [1.54, 1.807) is 0 Å². The highest BCUT2D eigenvalue weighted by molar-refractivity contribution is 7.45. The minimum absolute atomic E-state index is 0.0292. The van der Waals surface area contributed by atoms with Gasteiger partial charge in [0.1, 0.15) is 19.8 Å². The lowest BCUT2D eigenvalue weighted by Crippen LogP contribution is -2.37. The molecule has 56 heavy (non-hydrogen) atoms. The Kier molecular flexibility index (Phi) is 38.3. The van der Waals surface area contributed by atoms with E-state index in [9.17, 15) is 19.0 Å². The zero-order valence-corrected chi connectivity index (χ0v) is 38.2. The van der Waals surface area contributed by atoms with Gasteiger partial charge in [0.05, 0.1) is 27.7 Å². The number of phosphoric ester groups is 1. The second-order valence-corrected chi connectivity index (χ2v) is 18.5. The van der Waals surface area contributed by atoms with E-state index in [2.05, 4.69) is 26.0 Å². The zero-order chi connectivity index (χ0) is 41.4. The van der Waals surface area contributed by atoms with Gasteiger partial charge in [-0.05, 0) is 38.5 Å². The molecule has 0 N–H and O–H groups in total. The lowest BCUT2D eigenvalue weighted by Gasteiger charge is -2.28. The predicted octanol–water partition coefficient (Wildman–Crippen LogP) is 12.7. The molecule has 0 spiro atoms. The molecule has 0 saturated heterocycles. The molecule has 0 fully saturated rings. The molecule has 0 aromatic heterocycles. The SMILES string of the molecule is CCCCCCC/C=C\CCCCCCCC(=O)OC(COC(=O)CCCCCCCCCCCCCCCCCCCC)COP(=O)([O-])OCC[N+](C)(C)C. The lowest BCUT2D eigenvalue weighted by molar-refractivity contribution is -0.870. The van der Waals surface area contributed by atoms with Gasteiger partial charge in [-0.15, -0.1) is 0 Å². The third kappa shape index (κ3) is 42.4. The smallest absolute Gasteiger partial charge is 0.306 e. The molecule has 9 nitrogen and oxygen atoms in total. The van der Waals surface area contributed by atoms with Gasteiger partial charge >= 0.3 is 11.9 Å². The number of allylic oxidation sites excluding steroid dienone is 2. The first-order chi connectivity index (χ1) is 27.0. The Morgan fingerprint density at radius 3 is 1.32 bits per heavy atom. The zero-order valence-electron chi connectivity index (χ0n) is 37.3. The molecular weight excluding hydrogens is 725 g/mol. The van der Waals surface area contributed by atoms with Crippen LogP contribution < -0.4 is 4.89 Å². The quantitative estimate of drug-likeness (QED) is 0.0197. The summed E-state index contributed by atoms with van der Waals surface area (Å²) in [5, 5.41) is 0. The average Bonchev–Trinajstić information content (AvgIpc) is 3.15. The van der Waals surface area contributed by atoms with E-state index >= 15 is 0 Å². The molecule has 0 amide bonds. The summed E-state index contributed by atoms with van der Waals surface area (Å²) in [5.74, 6) is -0.833. The summed E-state index contributed by atoms with van der Waals surface area (Å²) in [6.45, 7) is 4.24. The molecule has 0 bridgehead atoms. The second kappa shape index (κ2) is 39.2. The molecule has 0 rings (SSSR count). The highest BCUT2D eigenvalue weighted by Crippen LogP contribution is 2.38. The van der Waals surface area contributed by atoms with Crippen LogP contribution in [0.2, 0.25) is 0 Å². The summed E-state index contributed by atoms with van der Waals surface area (Å²) in [5.41, 5.74) is 0. The third-order valence-corrected chi connectivity index (χ3v) is 11.2. The molecule has 0 aromatic rings. The standard InChI is InChI=1S/C46H90NO8P/c1-6-8-10-12-14-16-18-20-22-23-24-25-27-28-30-32-34-36-38-45(48)52-42-44(43-54-56(50,51)53-41-40-47(3,4)5)55-46(49)39-37-35-33-31-29-26-21-19-17-15-13-11-9-7-2/h19,21,44H,6-18,20,22-43H2,1-5H3/b21-19-. The highest BCUT2D eigenvalue weighted by Gasteiger charge is 2.21. The number of carbonyl (C=O) groups excluding carboxylic acids is 2. The van der Waals surface area contributed by atoms with Crippen molar-refractivity contribution in [1.82, 2.24) is 0 Å². The molecule has 0 saturated carbocycles. The summed E-state index contributed by atoms with van der Waals surface area (Å²) in [6, 6.07) is 0. The van der Waals surface area contributed by atoms with Crippen molar-refractivity contribution in [3.8, 4) is 0 Å². The van der Waals surface area contributed by atoms with E-state index in [-0.39, 0.29) is 32.0 Å². The van der Waals surface area contributed by atoms with Gasteiger partial charge in [-0.2, -0.15) is 0 Å². The summed E-state index contributed by atoms with van der Waals surface area (Å²) in [6.07, 6.45) is 40.9. The van der Waals surface area contributed by atoms with Crippen molar-refractivity contribution in [2.75, 3.05) is 47.5 Å². The van der Waals surface area contributed by atoms with Crippen LogP contribution in [0.25, 0.3) is 0 Å². The van der Waals surface area contributed by atoms with Crippen LogP contribution in [0.4, 0.5) is 0 Å². The number of rotatable bonds is 43. The first-order valence-corrected chi connectivity index (χ1v) is 24.9. The van der Waals surface area contributed by atoms with Gasteiger partial charge in [0.25, 0.3) is 7.82 Å². The van der Waals surface area contributed by atoms with Crippen molar-refractivity contribution in [3.05, 3.63) is 12.2 Å². The number of quaternary nitrogens is 1. The fraction of sp³-hybridized carbons (Fsp3) is 0.913. The summed E-state index contributed by atoms with van der Waals surface area (Å²) in [7, 11) is 1.17. The lowest BCUT2D eigenvalue weighted by atomic mass is 10.0. The number of nitrogens with zero attached hydrogens (tertiary/aromatic N) is 1. The molecule has 0 aliphatic carbocycles. The Morgan fingerprint density at radius 1 is 0.536 bits per heavy atom. The van der Waals surface area contributed by atoms with Gasteiger partial charge < -0.3 is 27.9 Å². The largest absolute Gasteiger partial charge is 0.756 e. The Labute approximate surface area is 346 Å². The van der Waals surface area contributed by atoms with E-state index in [1.807, 2.05) is 21.1 Å². The van der Waals surface area contributed by atoms with Gasteiger partial charge in [0.2, 0.25) is 0 Å². The van der Waals surface area contributed by atoms with Gasteiger partial charge in [-0.25, -0.2) is 0 Å². The molecule has 332 valence electrons. The molecule has 0 aliphatic heterocycles. The summed E-state index contributed by atoms with van der Waals surface area (Å²) < 4.78 is 33.9. The maximum atomic E-state index is 12.7. The number of phosphoric acid groups is 1. The van der Waals surface area contributed by atoms with Crippen LogP contribution in [-0.4, -0.2) is 70.0 Å². The minimum Gasteiger partial charge on any atom is -0.756 e. The van der Waals surface area contributed by atoms with Crippen LogP contribution >= 0.6 is 7.82 Å². The maximum Gasteiger partial charge on any atom is 0.306 e. The average molecular weight is 816 g/mol. The minimum atomic E-state index is -4.62. The fourth-order valence-corrected chi connectivity index (χ4v) is 7.32. The highest BCUT2D eigenvalue weighted by atomic mass is 31.2. The molecule has 2 unspecified atom stereocenters. The van der Waals surface area contributed by atoms with Gasteiger partial charge in [-0.1, -0.05) is 180 Å². The fourth-order valence-electron chi connectivity index (χ4n) is 6.59. The molecule has 0 aromatic carbocycles.